The smallest absolute Gasteiger partial charge is 0.255 e. The second kappa shape index (κ2) is 7.67. The molecule has 1 atom stereocenters. The van der Waals surface area contributed by atoms with E-state index in [0.29, 0.717) is 5.75 Å². The summed E-state index contributed by atoms with van der Waals surface area (Å²) in [4.78, 5) is 13.2. The van der Waals surface area contributed by atoms with Crippen LogP contribution in [0.15, 0.2) is 30.3 Å². The van der Waals surface area contributed by atoms with Crippen LogP contribution in [0.4, 0.5) is 0 Å². The lowest BCUT2D eigenvalue weighted by Gasteiger charge is -2.20. The molecule has 3 rings (SSSR count). The Bertz CT molecular complexity index is 742. The molecule has 134 valence electrons. The minimum atomic E-state index is -0.549. The molecule has 1 aromatic carbocycles. The van der Waals surface area contributed by atoms with Gasteiger partial charge in [0.05, 0.1) is 17.5 Å². The SMILES string of the molecule is CC(O)c1cc2n(n1)CCCN(Cc1cccc(OCC(N)=O)c1)C2. The topological polar surface area (TPSA) is 93.6 Å². The molecule has 1 aromatic heterocycles. The van der Waals surface area contributed by atoms with Crippen LogP contribution in [-0.2, 0) is 24.4 Å². The van der Waals surface area contributed by atoms with E-state index in [1.807, 2.05) is 35.0 Å². The lowest BCUT2D eigenvalue weighted by molar-refractivity contribution is -0.119. The highest BCUT2D eigenvalue weighted by atomic mass is 16.5. The summed E-state index contributed by atoms with van der Waals surface area (Å²) in [5.41, 5.74) is 8.07. The molecule has 7 heteroatoms. The predicted octanol–water partition coefficient (Wildman–Crippen LogP) is 1.21. The largest absolute Gasteiger partial charge is 0.484 e. The molecule has 3 N–H and O–H groups in total. The lowest BCUT2D eigenvalue weighted by Crippen LogP contribution is -2.23. The third-order valence-corrected chi connectivity index (χ3v) is 4.23. The number of nitrogens with zero attached hydrogens (tertiary/aromatic N) is 3. The van der Waals surface area contributed by atoms with Crippen molar-refractivity contribution in [3.8, 4) is 5.75 Å². The van der Waals surface area contributed by atoms with E-state index in [1.54, 1.807) is 6.92 Å². The molecule has 0 aliphatic carbocycles. The van der Waals surface area contributed by atoms with Gasteiger partial charge in [-0.25, -0.2) is 0 Å². The summed E-state index contributed by atoms with van der Waals surface area (Å²) in [5, 5.41) is 14.2. The van der Waals surface area contributed by atoms with Crippen molar-refractivity contribution < 1.29 is 14.6 Å². The highest BCUT2D eigenvalue weighted by Crippen LogP contribution is 2.20. The highest BCUT2D eigenvalue weighted by molar-refractivity contribution is 5.75. The molecule has 7 nitrogen and oxygen atoms in total. The van der Waals surface area contributed by atoms with Crippen LogP contribution in [0.2, 0.25) is 0 Å². The zero-order valence-corrected chi connectivity index (χ0v) is 14.4. The summed E-state index contributed by atoms with van der Waals surface area (Å²) in [6, 6.07) is 9.69. The average molecular weight is 344 g/mol. The van der Waals surface area contributed by atoms with Crippen molar-refractivity contribution in [1.29, 1.82) is 0 Å². The van der Waals surface area contributed by atoms with Gasteiger partial charge in [-0.1, -0.05) is 12.1 Å². The van der Waals surface area contributed by atoms with Crippen LogP contribution in [0.25, 0.3) is 0 Å². The average Bonchev–Trinajstić information content (AvgIpc) is 2.87. The first kappa shape index (κ1) is 17.4. The van der Waals surface area contributed by atoms with Crippen LogP contribution >= 0.6 is 0 Å². The van der Waals surface area contributed by atoms with Crippen molar-refractivity contribution in [2.24, 2.45) is 5.73 Å². The second-order valence-corrected chi connectivity index (χ2v) is 6.43. The maximum absolute atomic E-state index is 10.8. The third-order valence-electron chi connectivity index (χ3n) is 4.23. The summed E-state index contributed by atoms with van der Waals surface area (Å²) in [5.74, 6) is 0.160. The van der Waals surface area contributed by atoms with Gasteiger partial charge in [-0.05, 0) is 37.1 Å². The number of aliphatic hydroxyl groups is 1. The molecule has 0 spiro atoms. The number of nitrogens with two attached hydrogens (primary N) is 1. The van der Waals surface area contributed by atoms with Gasteiger partial charge < -0.3 is 15.6 Å². The molecule has 1 aliphatic heterocycles. The van der Waals surface area contributed by atoms with Crippen molar-refractivity contribution in [2.75, 3.05) is 13.2 Å². The Labute approximate surface area is 147 Å². The number of primary amides is 1. The number of hydrogen-bond acceptors (Lipinski definition) is 5. The molecule has 25 heavy (non-hydrogen) atoms. The first-order valence-electron chi connectivity index (χ1n) is 8.48. The van der Waals surface area contributed by atoms with Crippen molar-refractivity contribution >= 4 is 5.91 Å². The number of ether oxygens (including phenoxy) is 1. The number of carbonyl (C=O) groups is 1. The van der Waals surface area contributed by atoms with Gasteiger partial charge in [0.15, 0.2) is 6.61 Å². The van der Waals surface area contributed by atoms with E-state index < -0.39 is 12.0 Å². The van der Waals surface area contributed by atoms with E-state index in [1.165, 1.54) is 0 Å². The van der Waals surface area contributed by atoms with Crippen molar-refractivity contribution in [1.82, 2.24) is 14.7 Å². The normalized spacial score (nSPS) is 16.1. The maximum Gasteiger partial charge on any atom is 0.255 e. The molecule has 1 unspecified atom stereocenters. The molecule has 0 fully saturated rings. The zero-order valence-electron chi connectivity index (χ0n) is 14.4. The summed E-state index contributed by atoms with van der Waals surface area (Å²) in [6.07, 6.45) is 0.457. The first-order valence-corrected chi connectivity index (χ1v) is 8.48. The van der Waals surface area contributed by atoms with Crippen LogP contribution in [-0.4, -0.2) is 38.8 Å². The van der Waals surface area contributed by atoms with Crippen LogP contribution in [0, 0.1) is 0 Å². The Morgan fingerprint density at radius 2 is 2.24 bits per heavy atom. The van der Waals surface area contributed by atoms with Gasteiger partial charge >= 0.3 is 0 Å². The maximum atomic E-state index is 10.8. The Kier molecular flexibility index (Phi) is 5.35. The first-order chi connectivity index (χ1) is 12.0. The number of amides is 1. The quantitative estimate of drug-likeness (QED) is 0.821. The van der Waals surface area contributed by atoms with Crippen molar-refractivity contribution in [3.05, 3.63) is 47.3 Å². The molecule has 1 amide bonds. The van der Waals surface area contributed by atoms with E-state index in [4.69, 9.17) is 10.5 Å². The van der Waals surface area contributed by atoms with Crippen LogP contribution in [0.5, 0.6) is 5.75 Å². The van der Waals surface area contributed by atoms with Gasteiger partial charge in [0.1, 0.15) is 5.75 Å². The molecule has 1 aliphatic rings. The fourth-order valence-corrected chi connectivity index (χ4v) is 3.04. The Morgan fingerprint density at radius 3 is 3.00 bits per heavy atom. The summed E-state index contributed by atoms with van der Waals surface area (Å²) in [6.45, 7) is 5.02. The van der Waals surface area contributed by atoms with Crippen LogP contribution in [0.1, 0.15) is 36.4 Å². The number of carbonyl (C=O) groups excluding carboxylic acids is 1. The molecule has 2 heterocycles. The van der Waals surface area contributed by atoms with Gasteiger partial charge in [-0.15, -0.1) is 0 Å². The lowest BCUT2D eigenvalue weighted by atomic mass is 10.2. The number of aromatic nitrogens is 2. The Morgan fingerprint density at radius 1 is 1.40 bits per heavy atom. The summed E-state index contributed by atoms with van der Waals surface area (Å²) in [7, 11) is 0. The van der Waals surface area contributed by atoms with Crippen LogP contribution < -0.4 is 10.5 Å². The number of benzene rings is 1. The highest BCUT2D eigenvalue weighted by Gasteiger charge is 2.18. The van der Waals surface area contributed by atoms with Crippen molar-refractivity contribution in [2.45, 2.75) is 39.1 Å². The Hall–Kier alpha value is -2.38. The minimum absolute atomic E-state index is 0.117. The van der Waals surface area contributed by atoms with E-state index in [-0.39, 0.29) is 6.61 Å². The van der Waals surface area contributed by atoms with E-state index in [2.05, 4.69) is 10.00 Å². The van der Waals surface area contributed by atoms with Gasteiger partial charge in [-0.3, -0.25) is 14.4 Å². The third kappa shape index (κ3) is 4.58. The molecule has 2 aromatic rings. The van der Waals surface area contributed by atoms with Gasteiger partial charge in [0, 0.05) is 26.2 Å². The molecule has 0 radical (unpaired) electrons. The fourth-order valence-electron chi connectivity index (χ4n) is 3.04. The monoisotopic (exact) mass is 344 g/mol. The minimum Gasteiger partial charge on any atom is -0.484 e. The van der Waals surface area contributed by atoms with Crippen molar-refractivity contribution in [3.63, 3.8) is 0 Å². The van der Waals surface area contributed by atoms with Crippen LogP contribution in [0.3, 0.4) is 0 Å². The van der Waals surface area contributed by atoms with E-state index in [0.717, 1.165) is 49.6 Å². The zero-order chi connectivity index (χ0) is 17.8. The molecular formula is C18H24N4O3. The summed E-state index contributed by atoms with van der Waals surface area (Å²) < 4.78 is 7.37. The molecule has 0 bridgehead atoms. The predicted molar refractivity (Wildman–Crippen MR) is 92.7 cm³/mol. The second-order valence-electron chi connectivity index (χ2n) is 6.43. The molecule has 0 saturated carbocycles. The van der Waals surface area contributed by atoms with Gasteiger partial charge in [0.25, 0.3) is 5.91 Å². The van der Waals surface area contributed by atoms with Gasteiger partial charge in [-0.2, -0.15) is 5.10 Å². The number of aryl methyl sites for hydroxylation is 1. The molecule has 0 saturated heterocycles. The number of aliphatic hydroxyl groups excluding tert-OH is 1. The number of hydrogen-bond donors (Lipinski definition) is 2. The fraction of sp³-hybridized carbons (Fsp3) is 0.444. The molecular weight excluding hydrogens is 320 g/mol. The number of rotatable bonds is 6. The van der Waals surface area contributed by atoms with E-state index >= 15 is 0 Å². The standard InChI is InChI=1S/C18H24N4O3/c1-13(23)17-9-15-11-21(6-3-7-22(15)20-17)10-14-4-2-5-16(8-14)25-12-18(19)24/h2,4-5,8-9,13,23H,3,6-7,10-12H2,1H3,(H2,19,24). The van der Waals surface area contributed by atoms with Gasteiger partial charge in [0.2, 0.25) is 0 Å². The Balaban J connectivity index is 1.68. The number of fused-ring (bicyclic) bond motifs is 1. The summed E-state index contributed by atoms with van der Waals surface area (Å²) >= 11 is 0. The van der Waals surface area contributed by atoms with E-state index in [9.17, 15) is 9.90 Å².